The van der Waals surface area contributed by atoms with Crippen LogP contribution in [0.2, 0.25) is 0 Å². The number of aromatic nitrogens is 1. The summed E-state index contributed by atoms with van der Waals surface area (Å²) < 4.78 is 29.6. The monoisotopic (exact) mass is 312 g/mol. The van der Waals surface area contributed by atoms with E-state index in [9.17, 15) is 9.18 Å². The van der Waals surface area contributed by atoms with Gasteiger partial charge in [0.25, 0.3) is 5.91 Å². The maximum atomic E-state index is 13.4. The molecule has 8 heteroatoms. The number of halogens is 1. The summed E-state index contributed by atoms with van der Waals surface area (Å²) >= 11 is 1.17. The molecule has 1 saturated heterocycles. The summed E-state index contributed by atoms with van der Waals surface area (Å²) in [5, 5.41) is 3.03. The summed E-state index contributed by atoms with van der Waals surface area (Å²) in [4.78, 5) is 16.3. The predicted molar refractivity (Wildman–Crippen MR) is 75.3 cm³/mol. The summed E-state index contributed by atoms with van der Waals surface area (Å²) in [5.74, 6) is -0.405. The van der Waals surface area contributed by atoms with Gasteiger partial charge in [-0.15, -0.1) is 0 Å². The lowest BCUT2D eigenvalue weighted by Crippen LogP contribution is -2.39. The highest BCUT2D eigenvalue weighted by Gasteiger charge is 2.24. The minimum absolute atomic E-state index is 0.217. The Balaban J connectivity index is 1.82. The molecule has 0 aliphatic carbocycles. The maximum absolute atomic E-state index is 13.4. The van der Waals surface area contributed by atoms with Gasteiger partial charge in [0.1, 0.15) is 17.1 Å². The van der Waals surface area contributed by atoms with E-state index in [2.05, 4.69) is 10.3 Å². The first kappa shape index (κ1) is 14.2. The molecule has 1 aromatic heterocycles. The number of carbonyl (C=O) groups is 1. The molecule has 1 aromatic carbocycles. The Morgan fingerprint density at radius 1 is 1.52 bits per heavy atom. The molecule has 1 atom stereocenters. The van der Waals surface area contributed by atoms with Gasteiger partial charge in [-0.3, -0.25) is 10.1 Å². The molecule has 1 fully saturated rings. The van der Waals surface area contributed by atoms with E-state index in [1.54, 1.807) is 0 Å². The molecule has 112 valence electrons. The van der Waals surface area contributed by atoms with Gasteiger partial charge in [0.05, 0.1) is 31.6 Å². The average Bonchev–Trinajstić information content (AvgIpc) is 2.89. The third-order valence-electron chi connectivity index (χ3n) is 2.98. The van der Waals surface area contributed by atoms with Crippen LogP contribution in [0.1, 0.15) is 0 Å². The quantitative estimate of drug-likeness (QED) is 0.936. The second kappa shape index (κ2) is 5.92. The number of methoxy groups -OCH3 is 1. The molecule has 1 unspecified atom stereocenters. The summed E-state index contributed by atoms with van der Waals surface area (Å²) in [7, 11) is 1.44. The lowest BCUT2D eigenvalue weighted by atomic mass is 10.3. The molecule has 3 rings (SSSR count). The number of nitrogens with zero attached hydrogens (tertiary/aromatic N) is 1. The van der Waals surface area contributed by atoms with Gasteiger partial charge >= 0.3 is 0 Å². The standard InChI is InChI=1S/C13H13FN2O4S/c1-18-8-4-7(14)5-10-11(8)15-13(21-10)16-12(17)9-6-19-2-3-20-9/h4-5,9H,2-3,6H2,1H3,(H,15,16,17). The van der Waals surface area contributed by atoms with Gasteiger partial charge in [-0.25, -0.2) is 9.37 Å². The zero-order valence-electron chi connectivity index (χ0n) is 11.2. The van der Waals surface area contributed by atoms with Crippen molar-refractivity contribution >= 4 is 32.6 Å². The van der Waals surface area contributed by atoms with Gasteiger partial charge < -0.3 is 14.2 Å². The number of anilines is 1. The van der Waals surface area contributed by atoms with Crippen LogP contribution in [0.3, 0.4) is 0 Å². The van der Waals surface area contributed by atoms with Crippen molar-refractivity contribution < 1.29 is 23.4 Å². The first-order valence-corrected chi connectivity index (χ1v) is 7.13. The third-order valence-corrected chi connectivity index (χ3v) is 3.90. The Bertz CT molecular complexity index is 669. The van der Waals surface area contributed by atoms with Crippen LogP contribution in [0.4, 0.5) is 9.52 Å². The van der Waals surface area contributed by atoms with E-state index in [0.29, 0.717) is 34.3 Å². The van der Waals surface area contributed by atoms with E-state index in [0.717, 1.165) is 0 Å². The number of amides is 1. The average molecular weight is 312 g/mol. The largest absolute Gasteiger partial charge is 0.494 e. The van der Waals surface area contributed by atoms with E-state index in [4.69, 9.17) is 14.2 Å². The fourth-order valence-corrected chi connectivity index (χ4v) is 2.91. The van der Waals surface area contributed by atoms with Crippen molar-refractivity contribution in [1.29, 1.82) is 0 Å². The Morgan fingerprint density at radius 2 is 2.38 bits per heavy atom. The SMILES string of the molecule is COc1cc(F)cc2sc(NC(=O)C3COCCO3)nc12. The van der Waals surface area contributed by atoms with E-state index in [-0.39, 0.29) is 12.5 Å². The minimum Gasteiger partial charge on any atom is -0.494 e. The fraction of sp³-hybridized carbons (Fsp3) is 0.385. The van der Waals surface area contributed by atoms with Crippen molar-refractivity contribution in [3.63, 3.8) is 0 Å². The fourth-order valence-electron chi connectivity index (χ4n) is 2.00. The molecular weight excluding hydrogens is 299 g/mol. The molecule has 1 aliphatic rings. The molecule has 21 heavy (non-hydrogen) atoms. The van der Waals surface area contributed by atoms with Crippen LogP contribution in [-0.4, -0.2) is 43.9 Å². The molecule has 1 aliphatic heterocycles. The zero-order chi connectivity index (χ0) is 14.8. The number of carbonyl (C=O) groups excluding carboxylic acids is 1. The van der Waals surface area contributed by atoms with E-state index in [1.165, 1.54) is 30.6 Å². The van der Waals surface area contributed by atoms with Crippen LogP contribution in [0.15, 0.2) is 12.1 Å². The van der Waals surface area contributed by atoms with Gasteiger partial charge in [0, 0.05) is 6.07 Å². The molecule has 2 heterocycles. The summed E-state index contributed by atoms with van der Waals surface area (Å²) in [6.45, 7) is 1.09. The van der Waals surface area contributed by atoms with E-state index in [1.807, 2.05) is 0 Å². The molecule has 0 bridgehead atoms. The summed E-state index contributed by atoms with van der Waals surface area (Å²) in [6.07, 6.45) is -0.649. The number of benzene rings is 1. The van der Waals surface area contributed by atoms with E-state index >= 15 is 0 Å². The van der Waals surface area contributed by atoms with E-state index < -0.39 is 11.9 Å². The lowest BCUT2D eigenvalue weighted by molar-refractivity contribution is -0.142. The van der Waals surface area contributed by atoms with Crippen molar-refractivity contribution in [3.8, 4) is 5.75 Å². The molecule has 6 nitrogen and oxygen atoms in total. The van der Waals surface area contributed by atoms with Crippen LogP contribution < -0.4 is 10.1 Å². The molecule has 1 N–H and O–H groups in total. The number of fused-ring (bicyclic) bond motifs is 1. The lowest BCUT2D eigenvalue weighted by Gasteiger charge is -2.21. The van der Waals surface area contributed by atoms with Crippen LogP contribution in [0.25, 0.3) is 10.2 Å². The van der Waals surface area contributed by atoms with Gasteiger partial charge in [-0.05, 0) is 6.07 Å². The first-order chi connectivity index (χ1) is 10.2. The molecule has 1 amide bonds. The van der Waals surface area contributed by atoms with Crippen LogP contribution in [0, 0.1) is 5.82 Å². The Labute approximate surface area is 123 Å². The topological polar surface area (TPSA) is 69.7 Å². The number of hydrogen-bond donors (Lipinski definition) is 1. The molecule has 0 radical (unpaired) electrons. The van der Waals surface area contributed by atoms with Crippen LogP contribution in [-0.2, 0) is 14.3 Å². The molecule has 2 aromatic rings. The second-order valence-electron chi connectivity index (χ2n) is 4.40. The number of nitrogens with one attached hydrogen (secondary N) is 1. The second-order valence-corrected chi connectivity index (χ2v) is 5.43. The molecule has 0 spiro atoms. The smallest absolute Gasteiger partial charge is 0.257 e. The van der Waals surface area contributed by atoms with Crippen molar-refractivity contribution in [1.82, 2.24) is 4.98 Å². The van der Waals surface area contributed by atoms with Crippen LogP contribution in [0.5, 0.6) is 5.75 Å². The Hall–Kier alpha value is -1.77. The van der Waals surface area contributed by atoms with Crippen LogP contribution >= 0.6 is 11.3 Å². The highest BCUT2D eigenvalue weighted by atomic mass is 32.1. The first-order valence-electron chi connectivity index (χ1n) is 6.31. The predicted octanol–water partition coefficient (Wildman–Crippen LogP) is 1.80. The number of thiazole rings is 1. The zero-order valence-corrected chi connectivity index (χ0v) is 12.0. The normalized spacial score (nSPS) is 18.7. The summed E-state index contributed by atoms with van der Waals surface area (Å²) in [6, 6.07) is 2.61. The van der Waals surface area contributed by atoms with Crippen molar-refractivity contribution in [3.05, 3.63) is 17.9 Å². The highest BCUT2D eigenvalue weighted by Crippen LogP contribution is 2.33. The minimum atomic E-state index is -0.649. The van der Waals surface area contributed by atoms with Gasteiger partial charge in [0.2, 0.25) is 0 Å². The Kier molecular flexibility index (Phi) is 4.00. The van der Waals surface area contributed by atoms with Crippen molar-refractivity contribution in [2.75, 3.05) is 32.2 Å². The molecular formula is C13H13FN2O4S. The van der Waals surface area contributed by atoms with Crippen molar-refractivity contribution in [2.45, 2.75) is 6.10 Å². The maximum Gasteiger partial charge on any atom is 0.257 e. The Morgan fingerprint density at radius 3 is 3.10 bits per heavy atom. The number of hydrogen-bond acceptors (Lipinski definition) is 6. The van der Waals surface area contributed by atoms with Gasteiger partial charge in [-0.1, -0.05) is 11.3 Å². The van der Waals surface area contributed by atoms with Gasteiger partial charge in [0.15, 0.2) is 11.2 Å². The third kappa shape index (κ3) is 2.97. The highest BCUT2D eigenvalue weighted by molar-refractivity contribution is 7.22. The molecule has 0 saturated carbocycles. The van der Waals surface area contributed by atoms with Crippen molar-refractivity contribution in [2.24, 2.45) is 0 Å². The van der Waals surface area contributed by atoms with Gasteiger partial charge in [-0.2, -0.15) is 0 Å². The number of rotatable bonds is 3. The number of ether oxygens (including phenoxy) is 3. The summed E-state index contributed by atoms with van der Waals surface area (Å²) in [5.41, 5.74) is 0.514.